The minimum absolute atomic E-state index is 0.0669. The number of benzene rings is 1. The minimum Gasteiger partial charge on any atom is -0.396 e. The van der Waals surface area contributed by atoms with Gasteiger partial charge in [0.15, 0.2) is 0 Å². The molecule has 1 aromatic rings. The third kappa shape index (κ3) is 2.11. The molecule has 1 atom stereocenters. The van der Waals surface area contributed by atoms with Gasteiger partial charge in [0.05, 0.1) is 11.6 Å². The summed E-state index contributed by atoms with van der Waals surface area (Å²) in [5.74, 6) is 0. The van der Waals surface area contributed by atoms with Crippen molar-refractivity contribution in [2.75, 3.05) is 6.61 Å². The van der Waals surface area contributed by atoms with E-state index in [0.717, 1.165) is 11.1 Å². The summed E-state index contributed by atoms with van der Waals surface area (Å²) in [6, 6.07) is 7.41. The van der Waals surface area contributed by atoms with Gasteiger partial charge >= 0.3 is 0 Å². The molecule has 1 aromatic carbocycles. The number of nitrogens with two attached hydrogens (primary N) is 1. The van der Waals surface area contributed by atoms with Crippen molar-refractivity contribution < 1.29 is 5.11 Å². The van der Waals surface area contributed by atoms with Gasteiger partial charge in [0.2, 0.25) is 0 Å². The molecule has 0 spiro atoms. The number of nitrogens with zero attached hydrogens (tertiary/aromatic N) is 1. The fourth-order valence-electron chi connectivity index (χ4n) is 1.47. The number of nitriles is 1. The van der Waals surface area contributed by atoms with Crippen molar-refractivity contribution in [3.63, 3.8) is 0 Å². The van der Waals surface area contributed by atoms with Crippen LogP contribution in [0.1, 0.15) is 29.2 Å². The van der Waals surface area contributed by atoms with Crippen molar-refractivity contribution in [3.8, 4) is 6.07 Å². The predicted molar refractivity (Wildman–Crippen MR) is 54.5 cm³/mol. The van der Waals surface area contributed by atoms with Crippen LogP contribution in [0.25, 0.3) is 0 Å². The first-order valence-electron chi connectivity index (χ1n) is 4.56. The van der Waals surface area contributed by atoms with Gasteiger partial charge in [-0.1, -0.05) is 12.1 Å². The van der Waals surface area contributed by atoms with Crippen LogP contribution in [0.15, 0.2) is 18.2 Å². The molecule has 0 aliphatic heterocycles. The highest BCUT2D eigenvalue weighted by Gasteiger charge is 2.10. The minimum atomic E-state index is -0.187. The van der Waals surface area contributed by atoms with Crippen molar-refractivity contribution in [3.05, 3.63) is 34.9 Å². The Balaban J connectivity index is 3.04. The average Bonchev–Trinajstić information content (AvgIpc) is 2.18. The van der Waals surface area contributed by atoms with Gasteiger partial charge in [-0.15, -0.1) is 0 Å². The van der Waals surface area contributed by atoms with Crippen LogP contribution in [0.2, 0.25) is 0 Å². The van der Waals surface area contributed by atoms with E-state index in [2.05, 4.69) is 6.07 Å². The van der Waals surface area contributed by atoms with Crippen LogP contribution in [-0.2, 0) is 0 Å². The summed E-state index contributed by atoms with van der Waals surface area (Å²) >= 11 is 0. The van der Waals surface area contributed by atoms with E-state index in [1.54, 1.807) is 6.07 Å². The predicted octanol–water partition coefficient (Wildman–Crippen LogP) is 1.25. The zero-order valence-electron chi connectivity index (χ0n) is 8.20. The molecule has 0 heterocycles. The highest BCUT2D eigenvalue weighted by molar-refractivity contribution is 5.43. The van der Waals surface area contributed by atoms with Gasteiger partial charge in [-0.25, -0.2) is 0 Å². The lowest BCUT2D eigenvalue weighted by molar-refractivity contribution is 0.276. The Hall–Kier alpha value is -1.37. The van der Waals surface area contributed by atoms with Gasteiger partial charge in [0.25, 0.3) is 0 Å². The van der Waals surface area contributed by atoms with Crippen LogP contribution in [0.5, 0.6) is 0 Å². The molecule has 0 aromatic heterocycles. The van der Waals surface area contributed by atoms with E-state index >= 15 is 0 Å². The van der Waals surface area contributed by atoms with Crippen molar-refractivity contribution in [1.82, 2.24) is 0 Å². The van der Waals surface area contributed by atoms with Crippen molar-refractivity contribution in [1.29, 1.82) is 5.26 Å². The second-order valence-corrected chi connectivity index (χ2v) is 3.25. The summed E-state index contributed by atoms with van der Waals surface area (Å²) in [6.07, 6.45) is 0.524. The van der Waals surface area contributed by atoms with Gasteiger partial charge < -0.3 is 10.8 Å². The molecule has 0 amide bonds. The van der Waals surface area contributed by atoms with Gasteiger partial charge in [-0.05, 0) is 30.5 Å². The lowest BCUT2D eigenvalue weighted by atomic mass is 9.96. The van der Waals surface area contributed by atoms with E-state index in [1.165, 1.54) is 0 Å². The summed E-state index contributed by atoms with van der Waals surface area (Å²) in [7, 11) is 0. The van der Waals surface area contributed by atoms with Crippen LogP contribution < -0.4 is 5.73 Å². The molecule has 3 heteroatoms. The van der Waals surface area contributed by atoms with E-state index in [0.29, 0.717) is 12.0 Å². The first-order valence-corrected chi connectivity index (χ1v) is 4.56. The lowest BCUT2D eigenvalue weighted by Crippen LogP contribution is -2.13. The van der Waals surface area contributed by atoms with E-state index in [-0.39, 0.29) is 12.6 Å². The van der Waals surface area contributed by atoms with Crippen LogP contribution >= 0.6 is 0 Å². The highest BCUT2D eigenvalue weighted by atomic mass is 16.3. The summed E-state index contributed by atoms with van der Waals surface area (Å²) < 4.78 is 0. The van der Waals surface area contributed by atoms with Crippen molar-refractivity contribution >= 4 is 0 Å². The average molecular weight is 190 g/mol. The van der Waals surface area contributed by atoms with Crippen LogP contribution in [-0.4, -0.2) is 11.7 Å². The van der Waals surface area contributed by atoms with Gasteiger partial charge in [-0.3, -0.25) is 0 Å². The fourth-order valence-corrected chi connectivity index (χ4v) is 1.47. The Morgan fingerprint density at radius 1 is 1.57 bits per heavy atom. The molecule has 0 saturated heterocycles. The smallest absolute Gasteiger partial charge is 0.0994 e. The molecular formula is C11H14N2O. The molecule has 74 valence electrons. The largest absolute Gasteiger partial charge is 0.396 e. The topological polar surface area (TPSA) is 70.0 Å². The maximum atomic E-state index is 8.81. The molecule has 0 fully saturated rings. The van der Waals surface area contributed by atoms with Crippen LogP contribution in [0.3, 0.4) is 0 Å². The second-order valence-electron chi connectivity index (χ2n) is 3.25. The van der Waals surface area contributed by atoms with Gasteiger partial charge in [-0.2, -0.15) is 5.26 Å². The normalized spacial score (nSPS) is 12.1. The first kappa shape index (κ1) is 10.7. The Morgan fingerprint density at radius 3 is 2.86 bits per heavy atom. The second kappa shape index (κ2) is 4.75. The monoisotopic (exact) mass is 190 g/mol. The third-order valence-electron chi connectivity index (χ3n) is 2.34. The molecule has 3 N–H and O–H groups in total. The standard InChI is InChI=1S/C11H14N2O/c1-8-9(7-12)3-2-4-10(8)11(13)5-6-14/h2-4,11,14H,5-6,13H2,1H3/t11-/m0/s1. The molecule has 0 bridgehead atoms. The van der Waals surface area contributed by atoms with Crippen molar-refractivity contribution in [2.45, 2.75) is 19.4 Å². The van der Waals surface area contributed by atoms with Gasteiger partial charge in [0.1, 0.15) is 0 Å². The number of aliphatic hydroxyl groups excluding tert-OH is 1. The molecule has 3 nitrogen and oxygen atoms in total. The zero-order chi connectivity index (χ0) is 10.6. The highest BCUT2D eigenvalue weighted by Crippen LogP contribution is 2.20. The summed E-state index contributed by atoms with van der Waals surface area (Å²) in [6.45, 7) is 1.95. The Kier molecular flexibility index (Phi) is 3.63. The Morgan fingerprint density at radius 2 is 2.29 bits per heavy atom. The number of hydrogen-bond acceptors (Lipinski definition) is 3. The maximum absolute atomic E-state index is 8.81. The SMILES string of the molecule is Cc1c(C#N)cccc1[C@@H](N)CCO. The third-order valence-corrected chi connectivity index (χ3v) is 2.34. The van der Waals surface area contributed by atoms with Gasteiger partial charge in [0, 0.05) is 12.6 Å². The molecular weight excluding hydrogens is 176 g/mol. The molecule has 0 unspecified atom stereocenters. The summed E-state index contributed by atoms with van der Waals surface area (Å²) in [5, 5.41) is 17.6. The summed E-state index contributed by atoms with van der Waals surface area (Å²) in [5.41, 5.74) is 8.37. The lowest BCUT2D eigenvalue weighted by Gasteiger charge is -2.13. The molecule has 0 aliphatic carbocycles. The van der Waals surface area contributed by atoms with E-state index in [1.807, 2.05) is 19.1 Å². The number of hydrogen-bond donors (Lipinski definition) is 2. The number of rotatable bonds is 3. The maximum Gasteiger partial charge on any atom is 0.0994 e. The quantitative estimate of drug-likeness (QED) is 0.753. The van der Waals surface area contributed by atoms with Crippen LogP contribution in [0, 0.1) is 18.3 Å². The molecule has 0 radical (unpaired) electrons. The fraction of sp³-hybridized carbons (Fsp3) is 0.364. The molecule has 1 rings (SSSR count). The molecule has 14 heavy (non-hydrogen) atoms. The Labute approximate surface area is 83.8 Å². The van der Waals surface area contributed by atoms with Crippen molar-refractivity contribution in [2.24, 2.45) is 5.73 Å². The number of aliphatic hydroxyl groups is 1. The molecule has 0 aliphatic rings. The van der Waals surface area contributed by atoms with E-state index in [9.17, 15) is 0 Å². The van der Waals surface area contributed by atoms with E-state index < -0.39 is 0 Å². The Bertz CT molecular complexity index is 355. The first-order chi connectivity index (χ1) is 6.70. The zero-order valence-corrected chi connectivity index (χ0v) is 8.20. The van der Waals surface area contributed by atoms with E-state index in [4.69, 9.17) is 16.1 Å². The molecule has 0 saturated carbocycles. The van der Waals surface area contributed by atoms with Crippen LogP contribution in [0.4, 0.5) is 0 Å². The summed E-state index contributed by atoms with van der Waals surface area (Å²) in [4.78, 5) is 0.